The Kier molecular flexibility index (Phi) is 8.10. The predicted octanol–water partition coefficient (Wildman–Crippen LogP) is 7.74. The summed E-state index contributed by atoms with van der Waals surface area (Å²) in [6, 6.07) is 4.66. The van der Waals surface area contributed by atoms with Gasteiger partial charge in [-0.3, -0.25) is 0 Å². The number of hydrogen-bond acceptors (Lipinski definition) is 0. The number of aryl methyl sites for hydroxylation is 1. The number of benzene rings is 1. The molecule has 0 amide bonds. The molecule has 0 aliphatic heterocycles. The SMILES string of the molecule is CC(C)=C(/C=C(\C)C(=[NH+]C1(C)C=C1C(C)c1ccc(C)c(C(C)C)c1C)C(C)C)C(C)(C)C. The van der Waals surface area contributed by atoms with E-state index >= 15 is 0 Å². The molecule has 0 heterocycles. The summed E-state index contributed by atoms with van der Waals surface area (Å²) >= 11 is 0. The van der Waals surface area contributed by atoms with Crippen LogP contribution in [-0.4, -0.2) is 11.3 Å². The van der Waals surface area contributed by atoms with Crippen LogP contribution in [0.15, 0.2) is 46.6 Å². The second-order valence-electron chi connectivity index (χ2n) is 12.4. The summed E-state index contributed by atoms with van der Waals surface area (Å²) in [7, 11) is 0. The maximum absolute atomic E-state index is 3.96. The summed E-state index contributed by atoms with van der Waals surface area (Å²) in [5, 5.41) is 0. The molecular formula is C32H50N+. The van der Waals surface area contributed by atoms with Crippen molar-refractivity contribution in [2.24, 2.45) is 11.3 Å². The lowest BCUT2D eigenvalue weighted by molar-refractivity contribution is -0.509. The number of allylic oxidation sites excluding steroid dienone is 4. The van der Waals surface area contributed by atoms with Crippen LogP contribution in [0, 0.1) is 25.2 Å². The van der Waals surface area contributed by atoms with E-state index in [4.69, 9.17) is 0 Å². The molecule has 0 spiro atoms. The quantitative estimate of drug-likeness (QED) is 0.249. The van der Waals surface area contributed by atoms with Crippen LogP contribution in [-0.2, 0) is 0 Å². The van der Waals surface area contributed by atoms with Gasteiger partial charge in [-0.2, -0.15) is 0 Å². The highest BCUT2D eigenvalue weighted by molar-refractivity contribution is 5.97. The Labute approximate surface area is 205 Å². The first-order chi connectivity index (χ1) is 15.0. The average Bonchev–Trinajstić information content (AvgIpc) is 3.33. The highest BCUT2D eigenvalue weighted by atomic mass is 14.9. The lowest BCUT2D eigenvalue weighted by Gasteiger charge is -2.23. The largest absolute Gasteiger partial charge is 0.233 e. The normalized spacial score (nSPS) is 20.3. The van der Waals surface area contributed by atoms with Crippen LogP contribution in [0.1, 0.15) is 117 Å². The molecule has 0 radical (unpaired) electrons. The molecule has 2 atom stereocenters. The molecule has 0 aromatic heterocycles. The maximum atomic E-state index is 3.96. The van der Waals surface area contributed by atoms with Crippen molar-refractivity contribution in [1.82, 2.24) is 0 Å². The average molecular weight is 449 g/mol. The van der Waals surface area contributed by atoms with Gasteiger partial charge in [0.15, 0.2) is 11.3 Å². The van der Waals surface area contributed by atoms with E-state index in [1.807, 2.05) is 0 Å². The molecule has 0 fully saturated rings. The number of rotatable bonds is 7. The van der Waals surface area contributed by atoms with Crippen LogP contribution in [0.25, 0.3) is 0 Å². The molecule has 1 N–H and O–H groups in total. The van der Waals surface area contributed by atoms with Gasteiger partial charge in [0.25, 0.3) is 0 Å². The van der Waals surface area contributed by atoms with Gasteiger partial charge in [-0.05, 0) is 85.9 Å². The topological polar surface area (TPSA) is 14.0 Å². The zero-order chi connectivity index (χ0) is 25.5. The molecule has 2 unspecified atom stereocenters. The van der Waals surface area contributed by atoms with Crippen LogP contribution < -0.4 is 4.99 Å². The Morgan fingerprint density at radius 1 is 0.970 bits per heavy atom. The third-order valence-electron chi connectivity index (χ3n) is 7.35. The summed E-state index contributed by atoms with van der Waals surface area (Å²) in [5.41, 5.74) is 13.0. The van der Waals surface area contributed by atoms with Gasteiger partial charge in [-0.1, -0.05) is 73.1 Å². The second kappa shape index (κ2) is 9.77. The van der Waals surface area contributed by atoms with E-state index in [-0.39, 0.29) is 11.0 Å². The van der Waals surface area contributed by atoms with E-state index in [0.29, 0.717) is 17.8 Å². The van der Waals surface area contributed by atoms with Crippen molar-refractivity contribution in [3.8, 4) is 0 Å². The minimum Gasteiger partial charge on any atom is -0.233 e. The molecule has 1 nitrogen and oxygen atoms in total. The maximum Gasteiger partial charge on any atom is 0.199 e. The fourth-order valence-electron chi connectivity index (χ4n) is 5.75. The molecule has 1 aromatic carbocycles. The minimum atomic E-state index is -0.0453. The van der Waals surface area contributed by atoms with Gasteiger partial charge in [0, 0.05) is 29.9 Å². The van der Waals surface area contributed by atoms with Gasteiger partial charge in [-0.25, -0.2) is 4.99 Å². The van der Waals surface area contributed by atoms with Crippen LogP contribution in [0.2, 0.25) is 0 Å². The van der Waals surface area contributed by atoms with Crippen LogP contribution in [0.5, 0.6) is 0 Å². The fraction of sp³-hybridized carbons (Fsp3) is 0.594. The van der Waals surface area contributed by atoms with E-state index in [9.17, 15) is 0 Å². The number of hydrogen-bond donors (Lipinski definition) is 1. The first kappa shape index (κ1) is 27.4. The highest BCUT2D eigenvalue weighted by Crippen LogP contribution is 2.43. The molecular weight excluding hydrogens is 398 g/mol. The second-order valence-corrected chi connectivity index (χ2v) is 12.4. The third kappa shape index (κ3) is 5.97. The number of nitrogens with one attached hydrogen (secondary N) is 1. The van der Waals surface area contributed by atoms with Crippen LogP contribution in [0.4, 0.5) is 0 Å². The van der Waals surface area contributed by atoms with Crippen molar-refractivity contribution in [2.45, 2.75) is 114 Å². The molecule has 1 heteroatoms. The van der Waals surface area contributed by atoms with Crippen LogP contribution >= 0.6 is 0 Å². The van der Waals surface area contributed by atoms with E-state index in [1.165, 1.54) is 50.3 Å². The molecule has 182 valence electrons. The van der Waals surface area contributed by atoms with Crippen molar-refractivity contribution in [1.29, 1.82) is 0 Å². The standard InChI is InChI=1S/C32H49N/c1-19(2)27(31(11,12)13)17-23(8)30(21(5)6)33-32(14)18-28(32)24(9)26-16-15-22(7)29(20(3)4)25(26)10/h15-18,20-21,24H,1-14H3/p+1/b23-17+,33-30?. The molecule has 33 heavy (non-hydrogen) atoms. The Balaban J connectivity index is 2.42. The lowest BCUT2D eigenvalue weighted by atomic mass is 9.82. The summed E-state index contributed by atoms with van der Waals surface area (Å²) in [4.78, 5) is 3.96. The molecule has 2 rings (SSSR count). The Bertz CT molecular complexity index is 1010. The van der Waals surface area contributed by atoms with E-state index in [1.54, 1.807) is 0 Å². The Morgan fingerprint density at radius 3 is 2.00 bits per heavy atom. The smallest absolute Gasteiger partial charge is 0.199 e. The summed E-state index contributed by atoms with van der Waals surface area (Å²) in [6.45, 7) is 32.1. The zero-order valence-electron chi connectivity index (χ0n) is 24.0. The van der Waals surface area contributed by atoms with E-state index < -0.39 is 0 Å². The fourth-order valence-corrected chi connectivity index (χ4v) is 5.75. The molecule has 1 aromatic rings. The summed E-state index contributed by atoms with van der Waals surface area (Å²) in [6.07, 6.45) is 4.85. The van der Waals surface area contributed by atoms with Crippen molar-refractivity contribution < 1.29 is 4.99 Å². The highest BCUT2D eigenvalue weighted by Gasteiger charge is 2.49. The molecule has 1 aliphatic rings. The molecule has 1 aliphatic carbocycles. The Hall–Kier alpha value is -1.89. The van der Waals surface area contributed by atoms with Gasteiger partial charge in [-0.15, -0.1) is 0 Å². The van der Waals surface area contributed by atoms with Crippen molar-refractivity contribution in [2.75, 3.05) is 0 Å². The van der Waals surface area contributed by atoms with Crippen molar-refractivity contribution in [3.63, 3.8) is 0 Å². The summed E-state index contributed by atoms with van der Waals surface area (Å²) in [5.74, 6) is 1.41. The van der Waals surface area contributed by atoms with Crippen molar-refractivity contribution >= 4 is 5.71 Å². The van der Waals surface area contributed by atoms with Gasteiger partial charge in [0.05, 0.1) is 0 Å². The predicted molar refractivity (Wildman–Crippen MR) is 147 cm³/mol. The Morgan fingerprint density at radius 2 is 1.55 bits per heavy atom. The first-order valence-corrected chi connectivity index (χ1v) is 12.9. The van der Waals surface area contributed by atoms with Gasteiger partial charge in [0.1, 0.15) is 0 Å². The van der Waals surface area contributed by atoms with E-state index in [2.05, 4.69) is 126 Å². The lowest BCUT2D eigenvalue weighted by Crippen LogP contribution is -2.83. The zero-order valence-corrected chi connectivity index (χ0v) is 24.0. The first-order valence-electron chi connectivity index (χ1n) is 12.9. The van der Waals surface area contributed by atoms with E-state index in [0.717, 1.165) is 0 Å². The molecule has 0 saturated carbocycles. The van der Waals surface area contributed by atoms with Crippen LogP contribution in [0.3, 0.4) is 0 Å². The molecule has 0 saturated heterocycles. The van der Waals surface area contributed by atoms with Gasteiger partial charge >= 0.3 is 0 Å². The van der Waals surface area contributed by atoms with Gasteiger partial charge < -0.3 is 0 Å². The minimum absolute atomic E-state index is 0.0453. The monoisotopic (exact) mass is 448 g/mol. The van der Waals surface area contributed by atoms with Crippen molar-refractivity contribution in [3.05, 3.63) is 68.8 Å². The summed E-state index contributed by atoms with van der Waals surface area (Å²) < 4.78 is 0. The third-order valence-corrected chi connectivity index (χ3v) is 7.35. The molecule has 0 bridgehead atoms. The van der Waals surface area contributed by atoms with Gasteiger partial charge in [0.2, 0.25) is 0 Å².